The van der Waals surface area contributed by atoms with Gasteiger partial charge in [0.25, 0.3) is 17.4 Å². The van der Waals surface area contributed by atoms with Crippen LogP contribution in [-0.4, -0.2) is 45.7 Å². The fraction of sp³-hybridized carbons (Fsp3) is 0.455. The summed E-state index contributed by atoms with van der Waals surface area (Å²) in [4.78, 5) is 34.5. The molecule has 1 heterocycles. The number of aromatic nitrogens is 2. The molecule has 1 fully saturated rings. The van der Waals surface area contributed by atoms with E-state index in [-0.39, 0.29) is 18.4 Å². The monoisotopic (exact) mass is 556 g/mol. The van der Waals surface area contributed by atoms with Crippen LogP contribution in [0.3, 0.4) is 0 Å². The lowest BCUT2D eigenvalue weighted by atomic mass is 9.87. The fourth-order valence-electron chi connectivity index (χ4n) is 3.96. The number of hydrogen-bond donors (Lipinski definition) is 1. The van der Waals surface area contributed by atoms with Crippen molar-refractivity contribution >= 4 is 29.1 Å². The number of nitrogens with zero attached hydrogens (tertiary/aromatic N) is 3. The van der Waals surface area contributed by atoms with Crippen LogP contribution in [-0.2, 0) is 15.1 Å². The highest BCUT2D eigenvalue weighted by Gasteiger charge is 2.48. The molecule has 0 bridgehead atoms. The Morgan fingerprint density at radius 3 is 2.30 bits per heavy atom. The molecule has 2 atom stereocenters. The van der Waals surface area contributed by atoms with Gasteiger partial charge in [0.1, 0.15) is 6.33 Å². The number of ether oxygens (including phenoxy) is 1. The first-order valence-corrected chi connectivity index (χ1v) is 11.2. The van der Waals surface area contributed by atoms with Crippen molar-refractivity contribution in [2.75, 3.05) is 4.90 Å². The molecular formula is C22H20ClF7N4O3. The van der Waals surface area contributed by atoms with Crippen LogP contribution in [0.4, 0.5) is 36.4 Å². The van der Waals surface area contributed by atoms with E-state index in [0.29, 0.717) is 17.0 Å². The maximum atomic E-state index is 14.6. The van der Waals surface area contributed by atoms with Crippen molar-refractivity contribution in [1.82, 2.24) is 15.3 Å². The summed E-state index contributed by atoms with van der Waals surface area (Å²) in [7, 11) is 0. The van der Waals surface area contributed by atoms with Gasteiger partial charge >= 0.3 is 6.36 Å². The summed E-state index contributed by atoms with van der Waals surface area (Å²) in [5.74, 6) is -8.30. The van der Waals surface area contributed by atoms with Gasteiger partial charge in [-0.25, -0.2) is 27.5 Å². The van der Waals surface area contributed by atoms with Crippen molar-refractivity contribution in [2.24, 2.45) is 0 Å². The zero-order valence-electron chi connectivity index (χ0n) is 19.0. The van der Waals surface area contributed by atoms with E-state index in [2.05, 4.69) is 20.0 Å². The SMILES string of the molecule is C[C@](C(=O)NC1CCC(F)(F)CC1)(c1cncnc1)N(C(=O)[C@H](F)Cl)c1ccc(OC(F)(F)F)c(F)c1. The first-order valence-electron chi connectivity index (χ1n) is 10.8. The third-order valence-electron chi connectivity index (χ3n) is 5.87. The summed E-state index contributed by atoms with van der Waals surface area (Å²) in [5, 5.41) is 2.54. The molecule has 1 saturated carbocycles. The Hall–Kier alpha value is -3.16. The van der Waals surface area contributed by atoms with Gasteiger partial charge in [-0.05, 0) is 31.9 Å². The summed E-state index contributed by atoms with van der Waals surface area (Å²) >= 11 is 5.38. The molecule has 15 heteroatoms. The molecule has 0 aliphatic heterocycles. The minimum Gasteiger partial charge on any atom is -0.403 e. The molecule has 0 spiro atoms. The largest absolute Gasteiger partial charge is 0.573 e. The highest BCUT2D eigenvalue weighted by Crippen LogP contribution is 2.38. The van der Waals surface area contributed by atoms with E-state index in [4.69, 9.17) is 11.6 Å². The molecule has 37 heavy (non-hydrogen) atoms. The Balaban J connectivity index is 2.09. The van der Waals surface area contributed by atoms with E-state index in [1.165, 1.54) is 0 Å². The van der Waals surface area contributed by atoms with Crippen LogP contribution >= 0.6 is 11.6 Å². The highest BCUT2D eigenvalue weighted by molar-refractivity contribution is 6.32. The highest BCUT2D eigenvalue weighted by atomic mass is 35.5. The number of halogens is 8. The topological polar surface area (TPSA) is 84.4 Å². The lowest BCUT2D eigenvalue weighted by Crippen LogP contribution is -2.60. The maximum absolute atomic E-state index is 14.6. The second kappa shape index (κ2) is 10.7. The number of rotatable bonds is 7. The molecule has 1 aromatic heterocycles. The number of carbonyl (C=O) groups excluding carboxylic acids is 2. The average Bonchev–Trinajstić information content (AvgIpc) is 2.81. The minimum absolute atomic E-state index is 0.104. The van der Waals surface area contributed by atoms with Crippen molar-refractivity contribution in [2.45, 2.75) is 62.1 Å². The Morgan fingerprint density at radius 2 is 1.78 bits per heavy atom. The van der Waals surface area contributed by atoms with Crippen LogP contribution in [0.5, 0.6) is 5.75 Å². The zero-order chi connectivity index (χ0) is 27.6. The van der Waals surface area contributed by atoms with Gasteiger partial charge in [0.15, 0.2) is 17.1 Å². The normalized spacial score (nSPS) is 18.4. The van der Waals surface area contributed by atoms with Crippen molar-refractivity contribution in [1.29, 1.82) is 0 Å². The Labute approximate surface area is 211 Å². The van der Waals surface area contributed by atoms with Crippen LogP contribution in [0.1, 0.15) is 38.2 Å². The first-order chi connectivity index (χ1) is 17.1. The molecule has 1 aliphatic rings. The number of amides is 2. The van der Waals surface area contributed by atoms with E-state index in [1.807, 2.05) is 0 Å². The molecule has 1 aliphatic carbocycles. The van der Waals surface area contributed by atoms with Crippen LogP contribution in [0.15, 0.2) is 36.9 Å². The Bertz CT molecular complexity index is 1130. The van der Waals surface area contributed by atoms with Gasteiger partial charge in [-0.15, -0.1) is 13.2 Å². The van der Waals surface area contributed by atoms with E-state index < -0.39 is 71.4 Å². The first kappa shape index (κ1) is 28.4. The molecule has 0 unspecified atom stereocenters. The van der Waals surface area contributed by atoms with Gasteiger partial charge < -0.3 is 10.1 Å². The molecule has 1 aromatic carbocycles. The minimum atomic E-state index is -5.23. The van der Waals surface area contributed by atoms with Crippen molar-refractivity contribution in [3.63, 3.8) is 0 Å². The van der Waals surface area contributed by atoms with Crippen LogP contribution < -0.4 is 15.0 Å². The Morgan fingerprint density at radius 1 is 1.19 bits per heavy atom. The van der Waals surface area contributed by atoms with E-state index in [1.54, 1.807) is 0 Å². The number of carbonyl (C=O) groups is 2. The van der Waals surface area contributed by atoms with Crippen molar-refractivity contribution < 1.29 is 45.1 Å². The van der Waals surface area contributed by atoms with Gasteiger partial charge in [0.05, 0.1) is 0 Å². The summed E-state index contributed by atoms with van der Waals surface area (Å²) < 4.78 is 97.1. The maximum Gasteiger partial charge on any atom is 0.573 e. The molecule has 7 nitrogen and oxygen atoms in total. The second-order valence-corrected chi connectivity index (χ2v) is 8.82. The third kappa shape index (κ3) is 6.59. The number of nitrogens with one attached hydrogen (secondary N) is 1. The van der Waals surface area contributed by atoms with Crippen molar-refractivity contribution in [3.8, 4) is 5.75 Å². The molecular weight excluding hydrogens is 537 g/mol. The summed E-state index contributed by atoms with van der Waals surface area (Å²) in [6.45, 7) is 1.12. The van der Waals surface area contributed by atoms with Gasteiger partial charge in [-0.2, -0.15) is 0 Å². The molecule has 202 valence electrons. The van der Waals surface area contributed by atoms with Crippen LogP contribution in [0, 0.1) is 5.82 Å². The van der Waals surface area contributed by atoms with Crippen molar-refractivity contribution in [3.05, 3.63) is 48.3 Å². The zero-order valence-corrected chi connectivity index (χ0v) is 19.8. The molecule has 2 aromatic rings. The van der Waals surface area contributed by atoms with Crippen LogP contribution in [0.2, 0.25) is 0 Å². The predicted molar refractivity (Wildman–Crippen MR) is 116 cm³/mol. The number of alkyl halides is 7. The predicted octanol–water partition coefficient (Wildman–Crippen LogP) is 4.99. The lowest BCUT2D eigenvalue weighted by molar-refractivity contribution is -0.275. The third-order valence-corrected chi connectivity index (χ3v) is 6.06. The van der Waals surface area contributed by atoms with Gasteiger partial charge in [0.2, 0.25) is 5.92 Å². The van der Waals surface area contributed by atoms with E-state index in [9.17, 15) is 40.3 Å². The quantitative estimate of drug-likeness (QED) is 0.384. The number of anilines is 1. The van der Waals surface area contributed by atoms with E-state index in [0.717, 1.165) is 31.7 Å². The summed E-state index contributed by atoms with van der Waals surface area (Å²) in [5.41, 5.74) is -5.69. The smallest absolute Gasteiger partial charge is 0.403 e. The average molecular weight is 557 g/mol. The van der Waals surface area contributed by atoms with E-state index >= 15 is 0 Å². The van der Waals surface area contributed by atoms with Crippen LogP contribution in [0.25, 0.3) is 0 Å². The molecule has 1 N–H and O–H groups in total. The number of benzene rings is 1. The van der Waals surface area contributed by atoms with Gasteiger partial charge in [-0.3, -0.25) is 14.5 Å². The Kier molecular flexibility index (Phi) is 8.20. The standard InChI is InChI=1S/C22H20ClF7N4O3/c1-20(12-9-31-11-32-10-12,19(36)33-13-4-6-21(26,27)7-5-13)34(18(35)17(23)25)14-2-3-16(15(24)8-14)37-22(28,29)30/h2-3,8-11,13,17H,4-7H2,1H3,(H,33,36)/t17-,20+/m0/s1. The lowest BCUT2D eigenvalue weighted by Gasteiger charge is -2.41. The molecule has 0 radical (unpaired) electrons. The number of hydrogen-bond acceptors (Lipinski definition) is 5. The fourth-order valence-corrected chi connectivity index (χ4v) is 4.06. The summed E-state index contributed by atoms with van der Waals surface area (Å²) in [6, 6.07) is 1.000. The molecule has 2 amide bonds. The summed E-state index contributed by atoms with van der Waals surface area (Å²) in [6.07, 6.45) is -3.18. The van der Waals surface area contributed by atoms with Gasteiger partial charge in [0, 0.05) is 48.6 Å². The van der Waals surface area contributed by atoms with Gasteiger partial charge in [-0.1, -0.05) is 11.6 Å². The molecule has 0 saturated heterocycles. The molecule has 3 rings (SSSR count). The second-order valence-electron chi connectivity index (χ2n) is 8.44.